The summed E-state index contributed by atoms with van der Waals surface area (Å²) in [6.07, 6.45) is 0. The van der Waals surface area contributed by atoms with Crippen molar-refractivity contribution in [2.24, 2.45) is 0 Å². The second kappa shape index (κ2) is 9.35. The molecule has 0 saturated carbocycles. The van der Waals surface area contributed by atoms with Gasteiger partial charge in [0.2, 0.25) is 0 Å². The summed E-state index contributed by atoms with van der Waals surface area (Å²) in [7, 11) is -3.74. The van der Waals surface area contributed by atoms with Crippen molar-refractivity contribution in [3.05, 3.63) is 94.5 Å². The molecule has 3 aromatic carbocycles. The number of hydrogen-bond donors (Lipinski definition) is 2. The molecule has 3 aromatic rings. The molecule has 1 amide bonds. The minimum Gasteiger partial charge on any atom is -0.348 e. The highest BCUT2D eigenvalue weighted by molar-refractivity contribution is 7.92. The van der Waals surface area contributed by atoms with Crippen molar-refractivity contribution in [3.63, 3.8) is 0 Å². The van der Waals surface area contributed by atoms with E-state index in [0.29, 0.717) is 23.7 Å². The molecule has 0 aliphatic carbocycles. The van der Waals surface area contributed by atoms with Gasteiger partial charge in [0, 0.05) is 12.1 Å². The molecule has 0 aliphatic heterocycles. The predicted octanol–water partition coefficient (Wildman–Crippen LogP) is 5.16. The molecular formula is C25H28N2O3S. The van der Waals surface area contributed by atoms with Gasteiger partial charge < -0.3 is 5.32 Å². The highest BCUT2D eigenvalue weighted by Gasteiger charge is 2.16. The molecule has 0 fully saturated rings. The van der Waals surface area contributed by atoms with Gasteiger partial charge in [-0.15, -0.1) is 0 Å². The molecule has 0 atom stereocenters. The fraction of sp³-hybridized carbons (Fsp3) is 0.240. The summed E-state index contributed by atoms with van der Waals surface area (Å²) in [5.74, 6) is 0.196. The molecule has 2 N–H and O–H groups in total. The highest BCUT2D eigenvalue weighted by Crippen LogP contribution is 2.22. The number of anilines is 1. The SMILES string of the molecule is Cc1ccc(S(=O)(=O)Nc2cc(C(=O)NCc3ccc(C(C)C)cc3)ccc2C)cc1. The van der Waals surface area contributed by atoms with Crippen molar-refractivity contribution in [2.75, 3.05) is 4.72 Å². The number of carbonyl (C=O) groups is 1. The topological polar surface area (TPSA) is 75.3 Å². The lowest BCUT2D eigenvalue weighted by atomic mass is 10.0. The molecule has 0 bridgehead atoms. The molecule has 0 heterocycles. The summed E-state index contributed by atoms with van der Waals surface area (Å²) in [5, 5.41) is 2.90. The third-order valence-electron chi connectivity index (χ3n) is 5.17. The van der Waals surface area contributed by atoms with Crippen molar-refractivity contribution < 1.29 is 13.2 Å². The second-order valence-electron chi connectivity index (χ2n) is 8.03. The average molecular weight is 437 g/mol. The van der Waals surface area contributed by atoms with Crippen LogP contribution < -0.4 is 10.0 Å². The minimum absolute atomic E-state index is 0.178. The molecule has 5 nitrogen and oxygen atoms in total. The molecule has 0 radical (unpaired) electrons. The quantitative estimate of drug-likeness (QED) is 0.537. The number of aryl methyl sites for hydroxylation is 2. The zero-order chi connectivity index (χ0) is 22.6. The van der Waals surface area contributed by atoms with E-state index in [-0.39, 0.29) is 10.8 Å². The monoisotopic (exact) mass is 436 g/mol. The van der Waals surface area contributed by atoms with Gasteiger partial charge in [-0.1, -0.05) is 61.9 Å². The van der Waals surface area contributed by atoms with Crippen LogP contribution in [0, 0.1) is 13.8 Å². The second-order valence-corrected chi connectivity index (χ2v) is 9.71. The maximum atomic E-state index is 12.7. The molecule has 3 rings (SSSR count). The summed E-state index contributed by atoms with van der Waals surface area (Å²) < 4.78 is 28.0. The van der Waals surface area contributed by atoms with E-state index in [0.717, 1.165) is 16.7 Å². The number of rotatable bonds is 7. The molecule has 0 unspecified atom stereocenters. The van der Waals surface area contributed by atoms with Crippen LogP contribution in [0.5, 0.6) is 0 Å². The maximum Gasteiger partial charge on any atom is 0.261 e. The van der Waals surface area contributed by atoms with Crippen LogP contribution in [-0.4, -0.2) is 14.3 Å². The fourth-order valence-corrected chi connectivity index (χ4v) is 4.22. The number of benzene rings is 3. The van der Waals surface area contributed by atoms with Crippen LogP contribution in [0.4, 0.5) is 5.69 Å². The summed E-state index contributed by atoms with van der Waals surface area (Å²) >= 11 is 0. The van der Waals surface area contributed by atoms with Crippen molar-refractivity contribution in [1.29, 1.82) is 0 Å². The molecule has 0 aliphatic rings. The van der Waals surface area contributed by atoms with Crippen LogP contribution in [0.3, 0.4) is 0 Å². The molecule has 0 aromatic heterocycles. The van der Waals surface area contributed by atoms with Crippen molar-refractivity contribution in [1.82, 2.24) is 5.32 Å². The maximum absolute atomic E-state index is 12.7. The first-order valence-corrected chi connectivity index (χ1v) is 11.7. The van der Waals surface area contributed by atoms with E-state index in [1.165, 1.54) is 5.56 Å². The smallest absolute Gasteiger partial charge is 0.261 e. The zero-order valence-electron chi connectivity index (χ0n) is 18.3. The molecular weight excluding hydrogens is 408 g/mol. The Morgan fingerprint density at radius 2 is 1.55 bits per heavy atom. The van der Waals surface area contributed by atoms with E-state index in [4.69, 9.17) is 0 Å². The number of hydrogen-bond acceptors (Lipinski definition) is 3. The van der Waals surface area contributed by atoms with E-state index >= 15 is 0 Å². The summed E-state index contributed by atoms with van der Waals surface area (Å²) in [4.78, 5) is 12.8. The Morgan fingerprint density at radius 3 is 2.16 bits per heavy atom. The van der Waals surface area contributed by atoms with Crippen LogP contribution in [0.2, 0.25) is 0 Å². The van der Waals surface area contributed by atoms with Crippen LogP contribution >= 0.6 is 0 Å². The fourth-order valence-electron chi connectivity index (χ4n) is 3.10. The Bertz CT molecular complexity index is 1170. The van der Waals surface area contributed by atoms with Crippen LogP contribution in [0.15, 0.2) is 71.6 Å². The van der Waals surface area contributed by atoms with Gasteiger partial charge in [-0.25, -0.2) is 8.42 Å². The lowest BCUT2D eigenvalue weighted by molar-refractivity contribution is 0.0951. The van der Waals surface area contributed by atoms with Crippen LogP contribution in [0.25, 0.3) is 0 Å². The number of carbonyl (C=O) groups excluding carboxylic acids is 1. The molecule has 0 spiro atoms. The van der Waals surface area contributed by atoms with E-state index in [1.54, 1.807) is 49.4 Å². The number of sulfonamides is 1. The lowest BCUT2D eigenvalue weighted by Crippen LogP contribution is -2.23. The summed E-state index contributed by atoms with van der Waals surface area (Å²) in [6, 6.07) is 19.8. The average Bonchev–Trinajstić information content (AvgIpc) is 2.74. The number of amides is 1. The Hall–Kier alpha value is -3.12. The van der Waals surface area contributed by atoms with Gasteiger partial charge in [-0.3, -0.25) is 9.52 Å². The predicted molar refractivity (Wildman–Crippen MR) is 125 cm³/mol. The third-order valence-corrected chi connectivity index (χ3v) is 6.56. The highest BCUT2D eigenvalue weighted by atomic mass is 32.2. The van der Waals surface area contributed by atoms with Crippen LogP contribution in [-0.2, 0) is 16.6 Å². The Labute approximate surface area is 184 Å². The first kappa shape index (κ1) is 22.6. The van der Waals surface area contributed by atoms with Gasteiger partial charge in [0.15, 0.2) is 0 Å². The molecule has 31 heavy (non-hydrogen) atoms. The lowest BCUT2D eigenvalue weighted by Gasteiger charge is -2.13. The zero-order valence-corrected chi connectivity index (χ0v) is 19.1. The van der Waals surface area contributed by atoms with Gasteiger partial charge in [0.1, 0.15) is 0 Å². The summed E-state index contributed by atoms with van der Waals surface area (Å²) in [6.45, 7) is 8.37. The van der Waals surface area contributed by atoms with Gasteiger partial charge in [-0.2, -0.15) is 0 Å². The van der Waals surface area contributed by atoms with Crippen LogP contribution in [0.1, 0.15) is 52.4 Å². The Morgan fingerprint density at radius 1 is 0.903 bits per heavy atom. The minimum atomic E-state index is -3.74. The molecule has 6 heteroatoms. The standard InChI is InChI=1S/C25H28N2O3S/c1-17(2)21-11-8-20(9-12-21)16-26-25(28)22-10-7-19(4)24(15-22)27-31(29,30)23-13-5-18(3)6-14-23/h5-15,17,27H,16H2,1-4H3,(H,26,28). The first-order valence-electron chi connectivity index (χ1n) is 10.2. The van der Waals surface area contributed by atoms with Crippen molar-refractivity contribution >= 4 is 21.6 Å². The van der Waals surface area contributed by atoms with Gasteiger partial charge in [0.05, 0.1) is 10.6 Å². The van der Waals surface area contributed by atoms with Gasteiger partial charge in [0.25, 0.3) is 15.9 Å². The normalized spacial score (nSPS) is 11.4. The van der Waals surface area contributed by atoms with Crippen molar-refractivity contribution in [2.45, 2.75) is 45.1 Å². The van der Waals surface area contributed by atoms with E-state index in [1.807, 2.05) is 19.1 Å². The van der Waals surface area contributed by atoms with Gasteiger partial charge >= 0.3 is 0 Å². The Kier molecular flexibility index (Phi) is 6.81. The van der Waals surface area contributed by atoms with Crippen molar-refractivity contribution in [3.8, 4) is 0 Å². The van der Waals surface area contributed by atoms with E-state index in [2.05, 4.69) is 36.0 Å². The van der Waals surface area contributed by atoms with E-state index < -0.39 is 10.0 Å². The third kappa shape index (κ3) is 5.73. The van der Waals surface area contributed by atoms with Gasteiger partial charge in [-0.05, 0) is 60.7 Å². The van der Waals surface area contributed by atoms with E-state index in [9.17, 15) is 13.2 Å². The largest absolute Gasteiger partial charge is 0.348 e. The first-order chi connectivity index (χ1) is 14.7. The molecule has 0 saturated heterocycles. The summed E-state index contributed by atoms with van der Waals surface area (Å²) in [5.41, 5.74) is 4.74. The Balaban J connectivity index is 1.72. The number of nitrogens with one attached hydrogen (secondary N) is 2. The molecule has 162 valence electrons.